The monoisotopic (exact) mass is 278 g/mol. The summed E-state index contributed by atoms with van der Waals surface area (Å²) in [6, 6.07) is 0.135. The second-order valence-electron chi connectivity index (χ2n) is 4.82. The Kier molecular flexibility index (Phi) is 4.35. The fourth-order valence-corrected chi connectivity index (χ4v) is 2.29. The van der Waals surface area contributed by atoms with E-state index in [0.29, 0.717) is 31.8 Å². The molecule has 0 amide bonds. The minimum atomic E-state index is -4.11. The van der Waals surface area contributed by atoms with Gasteiger partial charge in [0, 0.05) is 6.04 Å². The van der Waals surface area contributed by atoms with Crippen LogP contribution in [0.25, 0.3) is 0 Å². The first-order chi connectivity index (χ1) is 8.94. The lowest BCUT2D eigenvalue weighted by molar-refractivity contribution is -0.148. The molecule has 1 aromatic rings. The highest BCUT2D eigenvalue weighted by Gasteiger charge is 2.32. The number of rotatable bonds is 4. The quantitative estimate of drug-likeness (QED) is 0.855. The van der Waals surface area contributed by atoms with Gasteiger partial charge in [0.2, 0.25) is 0 Å². The van der Waals surface area contributed by atoms with Crippen LogP contribution in [0.15, 0.2) is 0 Å². The fourth-order valence-electron chi connectivity index (χ4n) is 2.29. The van der Waals surface area contributed by atoms with Gasteiger partial charge in [0.25, 0.3) is 0 Å². The molecule has 0 spiro atoms. The average molecular weight is 278 g/mol. The van der Waals surface area contributed by atoms with Crippen LogP contribution in [0.2, 0.25) is 0 Å². The predicted molar refractivity (Wildman–Crippen MR) is 61.2 cm³/mol. The number of nitrogens with zero attached hydrogens (tertiary/aromatic N) is 4. The molecule has 1 aliphatic rings. The van der Waals surface area contributed by atoms with E-state index in [2.05, 4.69) is 25.9 Å². The lowest BCUT2D eigenvalue weighted by Gasteiger charge is -2.33. The third-order valence-corrected chi connectivity index (χ3v) is 3.23. The molecule has 1 unspecified atom stereocenters. The first-order valence-corrected chi connectivity index (χ1v) is 6.22. The van der Waals surface area contributed by atoms with Crippen molar-refractivity contribution in [3.8, 4) is 0 Å². The molecule has 0 saturated carbocycles. The predicted octanol–water partition coefficient (Wildman–Crippen LogP) is 0.877. The van der Waals surface area contributed by atoms with Gasteiger partial charge in [0.15, 0.2) is 5.82 Å². The lowest BCUT2D eigenvalue weighted by Crippen LogP contribution is -2.46. The molecular weight excluding hydrogens is 261 g/mol. The van der Waals surface area contributed by atoms with Gasteiger partial charge in [0.05, 0.1) is 12.6 Å². The number of H-pyrrole nitrogens is 1. The summed E-state index contributed by atoms with van der Waals surface area (Å²) >= 11 is 0. The fraction of sp³-hybridized carbons (Fsp3) is 0.900. The Morgan fingerprint density at radius 3 is 2.63 bits per heavy atom. The van der Waals surface area contributed by atoms with Crippen molar-refractivity contribution in [2.24, 2.45) is 0 Å². The maximum Gasteiger partial charge on any atom is 0.401 e. The standard InChI is InChI=1S/C10H17F3N6/c1-7(9-15-17-18-16-9)14-8-2-4-19(5-3-8)6-10(11,12)13/h7-8,14H,2-6H2,1H3,(H,15,16,17,18). The molecule has 2 heterocycles. The summed E-state index contributed by atoms with van der Waals surface area (Å²) in [5.74, 6) is 0.567. The average Bonchev–Trinajstić information content (AvgIpc) is 2.83. The van der Waals surface area contributed by atoms with Crippen molar-refractivity contribution in [2.45, 2.75) is 38.0 Å². The number of hydrogen-bond donors (Lipinski definition) is 2. The van der Waals surface area contributed by atoms with Crippen LogP contribution in [0.3, 0.4) is 0 Å². The molecule has 1 fully saturated rings. The molecule has 6 nitrogen and oxygen atoms in total. The van der Waals surface area contributed by atoms with Gasteiger partial charge in [-0.15, -0.1) is 10.2 Å². The number of hydrogen-bond acceptors (Lipinski definition) is 5. The second kappa shape index (κ2) is 5.83. The number of piperidine rings is 1. The third kappa shape index (κ3) is 4.43. The number of alkyl halides is 3. The van der Waals surface area contributed by atoms with Crippen LogP contribution in [-0.4, -0.2) is 57.4 Å². The first-order valence-electron chi connectivity index (χ1n) is 6.22. The van der Waals surface area contributed by atoms with Crippen LogP contribution in [0, 0.1) is 0 Å². The normalized spacial score (nSPS) is 20.6. The summed E-state index contributed by atoms with van der Waals surface area (Å²) in [7, 11) is 0. The number of likely N-dealkylation sites (tertiary alicyclic amines) is 1. The van der Waals surface area contributed by atoms with Crippen molar-refractivity contribution >= 4 is 0 Å². The number of aromatic amines is 1. The van der Waals surface area contributed by atoms with Gasteiger partial charge < -0.3 is 5.32 Å². The van der Waals surface area contributed by atoms with Gasteiger partial charge in [-0.3, -0.25) is 4.90 Å². The minimum absolute atomic E-state index is 0.0575. The van der Waals surface area contributed by atoms with E-state index in [1.54, 1.807) is 0 Å². The number of tetrazole rings is 1. The van der Waals surface area contributed by atoms with Gasteiger partial charge >= 0.3 is 6.18 Å². The molecule has 9 heteroatoms. The van der Waals surface area contributed by atoms with Gasteiger partial charge in [-0.1, -0.05) is 5.21 Å². The van der Waals surface area contributed by atoms with Crippen LogP contribution in [0.5, 0.6) is 0 Å². The Labute approximate surface area is 108 Å². The summed E-state index contributed by atoms with van der Waals surface area (Å²) in [5, 5.41) is 16.9. The molecule has 0 aliphatic carbocycles. The molecule has 1 aliphatic heterocycles. The molecule has 0 bridgehead atoms. The van der Waals surface area contributed by atoms with Crippen molar-refractivity contribution in [1.29, 1.82) is 0 Å². The topological polar surface area (TPSA) is 69.7 Å². The maximum absolute atomic E-state index is 12.2. The van der Waals surface area contributed by atoms with Crippen molar-refractivity contribution in [3.63, 3.8) is 0 Å². The molecule has 2 N–H and O–H groups in total. The molecule has 1 aromatic heterocycles. The van der Waals surface area contributed by atoms with E-state index < -0.39 is 12.7 Å². The zero-order valence-electron chi connectivity index (χ0n) is 10.6. The Morgan fingerprint density at radius 1 is 1.42 bits per heavy atom. The van der Waals surface area contributed by atoms with E-state index in [0.717, 1.165) is 0 Å². The van der Waals surface area contributed by atoms with Crippen LogP contribution in [0.4, 0.5) is 13.2 Å². The zero-order chi connectivity index (χ0) is 13.9. The SMILES string of the molecule is CC(NC1CCN(CC(F)(F)F)CC1)c1nn[nH]n1. The molecule has 0 aromatic carbocycles. The summed E-state index contributed by atoms with van der Waals surface area (Å²) in [6.07, 6.45) is -2.73. The van der Waals surface area contributed by atoms with E-state index in [-0.39, 0.29) is 12.1 Å². The van der Waals surface area contributed by atoms with Crippen LogP contribution in [0.1, 0.15) is 31.6 Å². The van der Waals surface area contributed by atoms with Crippen molar-refractivity contribution in [1.82, 2.24) is 30.8 Å². The van der Waals surface area contributed by atoms with Crippen LogP contribution >= 0.6 is 0 Å². The van der Waals surface area contributed by atoms with Crippen LogP contribution < -0.4 is 5.32 Å². The highest BCUT2D eigenvalue weighted by Crippen LogP contribution is 2.20. The van der Waals surface area contributed by atoms with E-state index in [1.807, 2.05) is 6.92 Å². The Bertz CT molecular complexity index is 371. The number of nitrogens with one attached hydrogen (secondary N) is 2. The first kappa shape index (κ1) is 14.2. The Balaban J connectivity index is 1.74. The molecule has 2 rings (SSSR count). The van der Waals surface area contributed by atoms with Gasteiger partial charge in [-0.2, -0.15) is 18.4 Å². The van der Waals surface area contributed by atoms with E-state index in [4.69, 9.17) is 0 Å². The second-order valence-corrected chi connectivity index (χ2v) is 4.82. The molecule has 1 saturated heterocycles. The molecule has 108 valence electrons. The molecule has 0 radical (unpaired) electrons. The number of aromatic nitrogens is 4. The Morgan fingerprint density at radius 2 is 2.11 bits per heavy atom. The minimum Gasteiger partial charge on any atom is -0.305 e. The maximum atomic E-state index is 12.2. The van der Waals surface area contributed by atoms with Gasteiger partial charge in [-0.05, 0) is 32.9 Å². The molecular formula is C10H17F3N6. The Hall–Kier alpha value is -1.22. The smallest absolute Gasteiger partial charge is 0.305 e. The highest BCUT2D eigenvalue weighted by molar-refractivity contribution is 4.89. The molecule has 1 atom stereocenters. The summed E-state index contributed by atoms with van der Waals surface area (Å²) < 4.78 is 36.7. The van der Waals surface area contributed by atoms with Crippen molar-refractivity contribution in [2.75, 3.05) is 19.6 Å². The van der Waals surface area contributed by atoms with Gasteiger partial charge in [-0.25, -0.2) is 0 Å². The van der Waals surface area contributed by atoms with E-state index in [9.17, 15) is 13.2 Å². The van der Waals surface area contributed by atoms with Crippen molar-refractivity contribution in [3.05, 3.63) is 5.82 Å². The van der Waals surface area contributed by atoms with E-state index >= 15 is 0 Å². The number of halogens is 3. The van der Waals surface area contributed by atoms with E-state index in [1.165, 1.54) is 4.90 Å². The molecule has 19 heavy (non-hydrogen) atoms. The lowest BCUT2D eigenvalue weighted by atomic mass is 10.0. The summed E-state index contributed by atoms with van der Waals surface area (Å²) in [5.41, 5.74) is 0. The van der Waals surface area contributed by atoms with Crippen LogP contribution in [-0.2, 0) is 0 Å². The summed E-state index contributed by atoms with van der Waals surface area (Å²) in [6.45, 7) is 2.00. The third-order valence-electron chi connectivity index (χ3n) is 3.23. The zero-order valence-corrected chi connectivity index (χ0v) is 10.6. The summed E-state index contributed by atoms with van der Waals surface area (Å²) in [4.78, 5) is 1.44. The largest absolute Gasteiger partial charge is 0.401 e. The van der Waals surface area contributed by atoms with Gasteiger partial charge in [0.1, 0.15) is 0 Å². The highest BCUT2D eigenvalue weighted by atomic mass is 19.4. The van der Waals surface area contributed by atoms with Crippen molar-refractivity contribution < 1.29 is 13.2 Å².